The molecule has 0 atom stereocenters. The van der Waals surface area contributed by atoms with E-state index in [-0.39, 0.29) is 0 Å². The highest BCUT2D eigenvalue weighted by Crippen LogP contribution is 1.82. The van der Waals surface area contributed by atoms with Gasteiger partial charge in [0.2, 0.25) is 0 Å². The lowest BCUT2D eigenvalue weighted by atomic mass is 11.0. The molecule has 0 aromatic rings. The van der Waals surface area contributed by atoms with Crippen molar-refractivity contribution in [3.05, 3.63) is 12.4 Å². The van der Waals surface area contributed by atoms with Crippen LogP contribution in [0.2, 0.25) is 0 Å². The van der Waals surface area contributed by atoms with Crippen LogP contribution in [0.5, 0.6) is 0 Å². The summed E-state index contributed by atoms with van der Waals surface area (Å²) in [6.07, 6.45) is 7.65. The molecule has 0 aromatic carbocycles. The summed E-state index contributed by atoms with van der Waals surface area (Å²) in [5, 5.41) is 0. The molecule has 8 heavy (non-hydrogen) atoms. The number of nitrogens with one attached hydrogen (secondary N) is 2. The van der Waals surface area contributed by atoms with E-state index in [0.717, 1.165) is 0 Å². The predicted molar refractivity (Wildman–Crippen MR) is 42.4 cm³/mol. The molecule has 0 aliphatic rings. The van der Waals surface area contributed by atoms with Crippen LogP contribution in [-0.2, 0) is 0 Å². The Hall–Kier alpha value is 0.0400. The Morgan fingerprint density at radius 3 is 1.62 bits per heavy atom. The summed E-state index contributed by atoms with van der Waals surface area (Å²) in [5.41, 5.74) is 0. The van der Waals surface area contributed by atoms with Crippen LogP contribution in [0, 0.1) is 0 Å². The molecule has 0 saturated carbocycles. The largest absolute Gasteiger partial charge is 0.335 e. The molecule has 0 fully saturated rings. The molecule has 0 heterocycles. The molecule has 0 radical (unpaired) electrons. The van der Waals surface area contributed by atoms with Gasteiger partial charge in [0.1, 0.15) is 0 Å². The molecule has 0 amide bonds. The molecule has 0 aliphatic carbocycles. The Morgan fingerprint density at radius 1 is 1.00 bits per heavy atom. The zero-order chi connectivity index (χ0) is 6.24. The summed E-state index contributed by atoms with van der Waals surface area (Å²) in [6, 6.07) is 0. The summed E-state index contributed by atoms with van der Waals surface area (Å²) >= 11 is 3.13. The van der Waals surface area contributed by atoms with Crippen molar-refractivity contribution in [3.8, 4) is 0 Å². The third-order valence-corrected chi connectivity index (χ3v) is 1.20. The number of rotatable bonds is 4. The van der Waals surface area contributed by atoms with Gasteiger partial charge in [-0.15, -0.1) is 0 Å². The minimum atomic E-state index is 1.57. The van der Waals surface area contributed by atoms with Gasteiger partial charge in [0.15, 0.2) is 0 Å². The van der Waals surface area contributed by atoms with Gasteiger partial charge in [0, 0.05) is 24.9 Å². The van der Waals surface area contributed by atoms with Crippen molar-refractivity contribution in [1.29, 1.82) is 0 Å². The van der Waals surface area contributed by atoms with Crippen LogP contribution in [0.25, 0.3) is 0 Å². The molecular weight excluding hydrogens is 140 g/mol. The van der Waals surface area contributed by atoms with Crippen molar-refractivity contribution < 1.29 is 0 Å². The summed E-state index contributed by atoms with van der Waals surface area (Å²) in [6.45, 7) is 0. The zero-order valence-corrected chi connectivity index (χ0v) is 6.60. The van der Waals surface area contributed by atoms with Crippen LogP contribution in [0.15, 0.2) is 12.4 Å². The highest BCUT2D eigenvalue weighted by molar-refractivity contribution is 7.97. The third-order valence-electron chi connectivity index (χ3n) is 0.455. The quantitative estimate of drug-likeness (QED) is 0.588. The summed E-state index contributed by atoms with van der Waals surface area (Å²) in [4.78, 5) is 0. The molecule has 0 rings (SSSR count). The van der Waals surface area contributed by atoms with Gasteiger partial charge in [-0.2, -0.15) is 0 Å². The monoisotopic (exact) mass is 150 g/mol. The second-order valence-corrected chi connectivity index (χ2v) is 2.27. The van der Waals surface area contributed by atoms with Gasteiger partial charge in [-0.3, -0.25) is 0 Å². The smallest absolute Gasteiger partial charge is 0.0238 e. The minimum absolute atomic E-state index is 1.57. The second kappa shape index (κ2) is 7.04. The summed E-state index contributed by atoms with van der Waals surface area (Å²) in [7, 11) is 0. The van der Waals surface area contributed by atoms with Crippen LogP contribution < -0.4 is 9.44 Å². The fourth-order valence-electron chi connectivity index (χ4n) is 0.204. The number of hydrogen-bond acceptors (Lipinski definition) is 4. The zero-order valence-electron chi connectivity index (χ0n) is 4.97. The van der Waals surface area contributed by atoms with Crippen LogP contribution in [-0.4, -0.2) is 12.5 Å². The highest BCUT2D eigenvalue weighted by atomic mass is 32.2. The molecule has 2 nitrogen and oxygen atoms in total. The molecular formula is C4H10N2S2. The molecule has 48 valence electrons. The van der Waals surface area contributed by atoms with E-state index < -0.39 is 0 Å². The van der Waals surface area contributed by atoms with Crippen molar-refractivity contribution in [2.75, 3.05) is 12.5 Å². The lowest BCUT2D eigenvalue weighted by Crippen LogP contribution is -1.93. The molecule has 0 spiro atoms. The standard InChI is InChI=1S/C4H10N2S2/c1-7-5-3-4-6-8-2/h3-6H,1-2H3/b4-3-. The van der Waals surface area contributed by atoms with E-state index in [4.69, 9.17) is 0 Å². The fraction of sp³-hybridized carbons (Fsp3) is 0.500. The Kier molecular flexibility index (Phi) is 7.08. The number of hydrogen-bond donors (Lipinski definition) is 2. The van der Waals surface area contributed by atoms with Gasteiger partial charge in [-0.1, -0.05) is 23.9 Å². The Bertz CT molecular complexity index is 57.1. The third kappa shape index (κ3) is 6.04. The Morgan fingerprint density at radius 2 is 1.38 bits per heavy atom. The Labute approximate surface area is 58.8 Å². The van der Waals surface area contributed by atoms with Crippen LogP contribution >= 0.6 is 23.9 Å². The van der Waals surface area contributed by atoms with Gasteiger partial charge >= 0.3 is 0 Å². The first kappa shape index (κ1) is 8.04. The van der Waals surface area contributed by atoms with Crippen LogP contribution in [0.4, 0.5) is 0 Å². The van der Waals surface area contributed by atoms with Crippen molar-refractivity contribution >= 4 is 23.9 Å². The predicted octanol–water partition coefficient (Wildman–Crippen LogP) is 1.19. The second-order valence-electron chi connectivity index (χ2n) is 0.977. The molecule has 0 saturated heterocycles. The lowest BCUT2D eigenvalue weighted by molar-refractivity contribution is 1.32. The first-order chi connectivity index (χ1) is 3.91. The van der Waals surface area contributed by atoms with Crippen molar-refractivity contribution in [1.82, 2.24) is 9.44 Å². The van der Waals surface area contributed by atoms with Crippen molar-refractivity contribution in [3.63, 3.8) is 0 Å². The normalized spacial score (nSPS) is 9.75. The molecule has 0 aromatic heterocycles. The maximum absolute atomic E-state index is 2.94. The fourth-order valence-corrected chi connectivity index (χ4v) is 0.612. The van der Waals surface area contributed by atoms with Gasteiger partial charge in [0.25, 0.3) is 0 Å². The van der Waals surface area contributed by atoms with Gasteiger partial charge in [-0.25, -0.2) is 0 Å². The van der Waals surface area contributed by atoms with Crippen LogP contribution in [0.3, 0.4) is 0 Å². The molecule has 0 aliphatic heterocycles. The van der Waals surface area contributed by atoms with Gasteiger partial charge < -0.3 is 9.44 Å². The Balaban J connectivity index is 2.83. The maximum atomic E-state index is 2.94. The average molecular weight is 150 g/mol. The van der Waals surface area contributed by atoms with E-state index in [9.17, 15) is 0 Å². The lowest BCUT2D eigenvalue weighted by Gasteiger charge is -1.91. The summed E-state index contributed by atoms with van der Waals surface area (Å²) < 4.78 is 5.89. The average Bonchev–Trinajstić information content (AvgIpc) is 1.81. The first-order valence-electron chi connectivity index (χ1n) is 2.14. The van der Waals surface area contributed by atoms with E-state index in [1.54, 1.807) is 23.9 Å². The molecule has 0 unspecified atom stereocenters. The van der Waals surface area contributed by atoms with E-state index in [1.807, 2.05) is 24.9 Å². The van der Waals surface area contributed by atoms with E-state index >= 15 is 0 Å². The minimum Gasteiger partial charge on any atom is -0.335 e. The molecule has 2 N–H and O–H groups in total. The van der Waals surface area contributed by atoms with Gasteiger partial charge in [-0.05, 0) is 0 Å². The summed E-state index contributed by atoms with van der Waals surface area (Å²) in [5.74, 6) is 0. The van der Waals surface area contributed by atoms with E-state index in [1.165, 1.54) is 0 Å². The van der Waals surface area contributed by atoms with E-state index in [2.05, 4.69) is 9.44 Å². The SMILES string of the molecule is CSN/C=C\NSC. The van der Waals surface area contributed by atoms with Gasteiger partial charge in [0.05, 0.1) is 0 Å². The topological polar surface area (TPSA) is 24.1 Å². The van der Waals surface area contributed by atoms with E-state index in [0.29, 0.717) is 0 Å². The first-order valence-corrected chi connectivity index (χ1v) is 4.58. The highest BCUT2D eigenvalue weighted by Gasteiger charge is 1.66. The maximum Gasteiger partial charge on any atom is 0.0238 e. The molecule has 0 bridgehead atoms. The van der Waals surface area contributed by atoms with Crippen molar-refractivity contribution in [2.24, 2.45) is 0 Å². The van der Waals surface area contributed by atoms with Crippen molar-refractivity contribution in [2.45, 2.75) is 0 Å². The van der Waals surface area contributed by atoms with Crippen LogP contribution in [0.1, 0.15) is 0 Å². The molecule has 4 heteroatoms.